The summed E-state index contributed by atoms with van der Waals surface area (Å²) < 4.78 is 45.1. The van der Waals surface area contributed by atoms with E-state index >= 15 is 0 Å². The fourth-order valence-corrected chi connectivity index (χ4v) is 4.71. The van der Waals surface area contributed by atoms with E-state index in [4.69, 9.17) is 4.74 Å². The number of aromatic hydroxyl groups is 1. The van der Waals surface area contributed by atoms with Gasteiger partial charge in [0, 0.05) is 11.3 Å². The Morgan fingerprint density at radius 3 is 2.39 bits per heavy atom. The zero-order valence-corrected chi connectivity index (χ0v) is 20.8. The molecule has 36 heavy (non-hydrogen) atoms. The molecule has 1 heterocycles. The van der Waals surface area contributed by atoms with Crippen LogP contribution in [0.2, 0.25) is 0 Å². The van der Waals surface area contributed by atoms with E-state index in [1.165, 1.54) is 12.1 Å². The van der Waals surface area contributed by atoms with Crippen LogP contribution in [-0.4, -0.2) is 11.0 Å². The van der Waals surface area contributed by atoms with Gasteiger partial charge in [0.1, 0.15) is 17.1 Å². The Morgan fingerprint density at radius 2 is 1.75 bits per heavy atom. The number of phenolic OH excluding ortho intramolecular Hbond substituents is 1. The van der Waals surface area contributed by atoms with E-state index in [9.17, 15) is 23.1 Å². The summed E-state index contributed by atoms with van der Waals surface area (Å²) in [4.78, 5) is 13.4. The topological polar surface area (TPSA) is 58.6 Å². The van der Waals surface area contributed by atoms with Crippen molar-refractivity contribution >= 4 is 11.6 Å². The van der Waals surface area contributed by atoms with Crippen molar-refractivity contribution in [2.24, 2.45) is 0 Å². The first-order valence-electron chi connectivity index (χ1n) is 12.1. The van der Waals surface area contributed by atoms with E-state index in [1.54, 1.807) is 0 Å². The lowest BCUT2D eigenvalue weighted by atomic mass is 9.83. The van der Waals surface area contributed by atoms with E-state index in [0.717, 1.165) is 48.1 Å². The summed E-state index contributed by atoms with van der Waals surface area (Å²) in [7, 11) is 0. The highest BCUT2D eigenvalue weighted by Crippen LogP contribution is 2.51. The summed E-state index contributed by atoms with van der Waals surface area (Å²) in [6.45, 7) is 7.95. The van der Waals surface area contributed by atoms with Crippen LogP contribution in [-0.2, 0) is 18.2 Å². The Kier molecular flexibility index (Phi) is 6.78. The first-order chi connectivity index (χ1) is 16.9. The minimum absolute atomic E-state index is 0.112. The van der Waals surface area contributed by atoms with Crippen molar-refractivity contribution in [3.63, 3.8) is 0 Å². The average Bonchev–Trinajstić information content (AvgIpc) is 2.78. The summed E-state index contributed by atoms with van der Waals surface area (Å²) in [5, 5.41) is 14.1. The van der Waals surface area contributed by atoms with Gasteiger partial charge in [0.05, 0.1) is 16.7 Å². The number of ether oxygens (including phenoxy) is 1. The third kappa shape index (κ3) is 4.92. The molecule has 4 nitrogen and oxygen atoms in total. The molecule has 0 bridgehead atoms. The van der Waals surface area contributed by atoms with Crippen molar-refractivity contribution in [1.82, 2.24) is 0 Å². The number of hydrogen-bond donors (Lipinski definition) is 2. The zero-order chi connectivity index (χ0) is 26.3. The number of phenols is 1. The quantitative estimate of drug-likeness (QED) is 0.339. The standard InChI is InChI=1S/C29H30F3NO3/c1-5-6-7-8-18-16-23-25(21-15-17(2)9-14-22(21)28(3,4)36-23)26(34)24(18)27(35)33-20-12-10-19(11-13-20)29(30,31)32/h9-16,34H,5-8H2,1-4H3,(H,33,35). The molecule has 7 heteroatoms. The molecule has 2 N–H and O–H groups in total. The molecule has 0 atom stereocenters. The van der Waals surface area contributed by atoms with Gasteiger partial charge in [0.2, 0.25) is 0 Å². The molecule has 0 saturated carbocycles. The van der Waals surface area contributed by atoms with Gasteiger partial charge in [-0.15, -0.1) is 0 Å². The van der Waals surface area contributed by atoms with Gasteiger partial charge in [0.15, 0.2) is 0 Å². The van der Waals surface area contributed by atoms with Crippen LogP contribution in [0.4, 0.5) is 18.9 Å². The summed E-state index contributed by atoms with van der Waals surface area (Å²) in [6, 6.07) is 12.0. The van der Waals surface area contributed by atoms with Crippen molar-refractivity contribution < 1.29 is 27.8 Å². The first kappa shape index (κ1) is 25.6. The SMILES string of the molecule is CCCCCc1cc2c(c(O)c1C(=O)Nc1ccc(C(F)(F)F)cc1)-c1cc(C)ccc1C(C)(C)O2. The predicted molar refractivity (Wildman–Crippen MR) is 135 cm³/mol. The summed E-state index contributed by atoms with van der Waals surface area (Å²) in [6.07, 6.45) is -1.17. The molecular formula is C29H30F3NO3. The van der Waals surface area contributed by atoms with Crippen molar-refractivity contribution in [2.45, 2.75) is 65.2 Å². The molecule has 0 unspecified atom stereocenters. The Labute approximate surface area is 209 Å². The fraction of sp³-hybridized carbons (Fsp3) is 0.345. The van der Waals surface area contributed by atoms with Crippen LogP contribution >= 0.6 is 0 Å². The van der Waals surface area contributed by atoms with Gasteiger partial charge >= 0.3 is 6.18 Å². The molecule has 3 aromatic rings. The van der Waals surface area contributed by atoms with Gasteiger partial charge in [-0.25, -0.2) is 0 Å². The molecule has 0 saturated heterocycles. The minimum Gasteiger partial charge on any atom is -0.506 e. The Hall–Kier alpha value is -3.48. The number of carbonyl (C=O) groups excluding carboxylic acids is 1. The summed E-state index contributed by atoms with van der Waals surface area (Å²) in [5.41, 5.74) is 2.65. The first-order valence-corrected chi connectivity index (χ1v) is 12.1. The van der Waals surface area contributed by atoms with Gasteiger partial charge in [0.25, 0.3) is 5.91 Å². The number of unbranched alkanes of at least 4 members (excludes halogenated alkanes) is 2. The van der Waals surface area contributed by atoms with Crippen LogP contribution in [0.3, 0.4) is 0 Å². The van der Waals surface area contributed by atoms with Gasteiger partial charge in [-0.2, -0.15) is 13.2 Å². The fourth-order valence-electron chi connectivity index (χ4n) is 4.71. The third-order valence-corrected chi connectivity index (χ3v) is 6.55. The molecule has 0 aromatic heterocycles. The Balaban J connectivity index is 1.80. The number of alkyl halides is 3. The van der Waals surface area contributed by atoms with Crippen molar-refractivity contribution in [3.05, 3.63) is 76.3 Å². The normalized spacial score (nSPS) is 14.0. The monoisotopic (exact) mass is 497 g/mol. The van der Waals surface area contributed by atoms with E-state index in [1.807, 2.05) is 45.0 Å². The van der Waals surface area contributed by atoms with Crippen LogP contribution in [0.5, 0.6) is 11.5 Å². The number of carbonyl (C=O) groups is 1. The number of nitrogens with one attached hydrogen (secondary N) is 1. The maximum absolute atomic E-state index is 13.4. The lowest BCUT2D eigenvalue weighted by Gasteiger charge is -2.36. The van der Waals surface area contributed by atoms with Crippen LogP contribution < -0.4 is 10.1 Å². The lowest BCUT2D eigenvalue weighted by Crippen LogP contribution is -2.30. The summed E-state index contributed by atoms with van der Waals surface area (Å²) in [5.74, 6) is -0.264. The van der Waals surface area contributed by atoms with Crippen molar-refractivity contribution in [2.75, 3.05) is 5.32 Å². The average molecular weight is 498 g/mol. The molecule has 1 amide bonds. The number of amides is 1. The Morgan fingerprint density at radius 1 is 1.06 bits per heavy atom. The Bertz CT molecular complexity index is 1290. The maximum atomic E-state index is 13.4. The van der Waals surface area contributed by atoms with Crippen molar-refractivity contribution in [3.8, 4) is 22.6 Å². The van der Waals surface area contributed by atoms with Crippen LogP contribution in [0.15, 0.2) is 48.5 Å². The zero-order valence-electron chi connectivity index (χ0n) is 20.8. The molecular weight excluding hydrogens is 467 g/mol. The highest BCUT2D eigenvalue weighted by Gasteiger charge is 2.36. The smallest absolute Gasteiger partial charge is 0.416 e. The maximum Gasteiger partial charge on any atom is 0.416 e. The number of benzene rings is 3. The second kappa shape index (κ2) is 9.52. The molecule has 0 spiro atoms. The highest BCUT2D eigenvalue weighted by molar-refractivity contribution is 6.09. The number of hydrogen-bond acceptors (Lipinski definition) is 3. The number of anilines is 1. The molecule has 3 aromatic carbocycles. The molecule has 190 valence electrons. The van der Waals surface area contributed by atoms with Crippen LogP contribution in [0, 0.1) is 6.92 Å². The van der Waals surface area contributed by atoms with Crippen LogP contribution in [0.1, 0.15) is 72.6 Å². The van der Waals surface area contributed by atoms with E-state index in [-0.39, 0.29) is 17.0 Å². The van der Waals surface area contributed by atoms with E-state index < -0.39 is 23.2 Å². The number of halogens is 3. The molecule has 0 aliphatic carbocycles. The van der Waals surface area contributed by atoms with Gasteiger partial charge < -0.3 is 15.2 Å². The second-order valence-electron chi connectivity index (χ2n) is 9.78. The molecule has 1 aliphatic rings. The molecule has 0 radical (unpaired) electrons. The summed E-state index contributed by atoms with van der Waals surface area (Å²) >= 11 is 0. The number of aryl methyl sites for hydroxylation is 2. The van der Waals surface area contributed by atoms with Gasteiger partial charge in [-0.3, -0.25) is 4.79 Å². The third-order valence-electron chi connectivity index (χ3n) is 6.55. The molecule has 0 fully saturated rings. The minimum atomic E-state index is -4.47. The molecule has 4 rings (SSSR count). The highest BCUT2D eigenvalue weighted by atomic mass is 19.4. The van der Waals surface area contributed by atoms with Crippen molar-refractivity contribution in [1.29, 1.82) is 0 Å². The van der Waals surface area contributed by atoms with Crippen LogP contribution in [0.25, 0.3) is 11.1 Å². The largest absolute Gasteiger partial charge is 0.506 e. The lowest BCUT2D eigenvalue weighted by molar-refractivity contribution is -0.137. The number of fused-ring (bicyclic) bond motifs is 3. The second-order valence-corrected chi connectivity index (χ2v) is 9.78. The van der Waals surface area contributed by atoms with E-state index in [2.05, 4.69) is 12.2 Å². The molecule has 1 aliphatic heterocycles. The van der Waals surface area contributed by atoms with Gasteiger partial charge in [-0.1, -0.05) is 43.5 Å². The van der Waals surface area contributed by atoms with Gasteiger partial charge in [-0.05, 0) is 75.1 Å². The predicted octanol–water partition coefficient (Wildman–Crippen LogP) is 8.00. The number of rotatable bonds is 6. The van der Waals surface area contributed by atoms with E-state index in [0.29, 0.717) is 23.3 Å².